The molecule has 5 heteroatoms. The fourth-order valence-electron chi connectivity index (χ4n) is 2.69. The summed E-state index contributed by atoms with van der Waals surface area (Å²) >= 11 is 1.78. The summed E-state index contributed by atoms with van der Waals surface area (Å²) < 4.78 is 0. The molecule has 0 fully saturated rings. The quantitative estimate of drug-likeness (QED) is 0.579. The van der Waals surface area contributed by atoms with E-state index in [1.807, 2.05) is 42.5 Å². The van der Waals surface area contributed by atoms with Gasteiger partial charge >= 0.3 is 0 Å². The second-order valence-electron chi connectivity index (χ2n) is 6.19. The number of anilines is 1. The first kappa shape index (κ1) is 19.1. The molecule has 138 valence electrons. The number of pyridine rings is 1. The summed E-state index contributed by atoms with van der Waals surface area (Å²) in [6.45, 7) is 0. The van der Waals surface area contributed by atoms with Gasteiger partial charge in [0.1, 0.15) is 0 Å². The maximum Gasteiger partial charge on any atom is 0.241 e. The molecular weight excluding hydrogens is 354 g/mol. The molecule has 0 aliphatic carbocycles. The number of rotatable bonds is 8. The Morgan fingerprint density at radius 1 is 1.00 bits per heavy atom. The van der Waals surface area contributed by atoms with Crippen molar-refractivity contribution >= 4 is 23.4 Å². The van der Waals surface area contributed by atoms with Crippen molar-refractivity contribution in [1.29, 1.82) is 0 Å². The molecule has 2 N–H and O–H groups in total. The van der Waals surface area contributed by atoms with Gasteiger partial charge in [0.05, 0.1) is 6.04 Å². The Kier molecular flexibility index (Phi) is 7.02. The summed E-state index contributed by atoms with van der Waals surface area (Å²) in [5, 5.41) is 6.06. The molecule has 1 amide bonds. The SMILES string of the molecule is CN[C@@H](Cc1cccnc1)C(=O)Nc1ccc(SCc2ccccc2)cc1. The minimum absolute atomic E-state index is 0.0500. The van der Waals surface area contributed by atoms with Crippen LogP contribution in [0.1, 0.15) is 11.1 Å². The fourth-order valence-corrected chi connectivity index (χ4v) is 3.54. The number of nitrogens with one attached hydrogen (secondary N) is 2. The first-order valence-electron chi connectivity index (χ1n) is 8.88. The van der Waals surface area contributed by atoms with Crippen molar-refractivity contribution in [3.8, 4) is 0 Å². The van der Waals surface area contributed by atoms with Crippen LogP contribution in [0.3, 0.4) is 0 Å². The molecule has 4 nitrogen and oxygen atoms in total. The average Bonchev–Trinajstić information content (AvgIpc) is 2.73. The Hall–Kier alpha value is -2.63. The van der Waals surface area contributed by atoms with Gasteiger partial charge in [0.2, 0.25) is 5.91 Å². The molecule has 0 aliphatic heterocycles. The number of amides is 1. The minimum atomic E-state index is -0.304. The summed E-state index contributed by atoms with van der Waals surface area (Å²) in [6.07, 6.45) is 4.12. The predicted octanol–water partition coefficient (Wildman–Crippen LogP) is 4.14. The number of likely N-dealkylation sites (N-methyl/N-ethyl adjacent to an activating group) is 1. The molecule has 1 aromatic heterocycles. The number of carbonyl (C=O) groups is 1. The van der Waals surface area contributed by atoms with E-state index < -0.39 is 0 Å². The second kappa shape index (κ2) is 9.90. The molecule has 0 saturated carbocycles. The van der Waals surface area contributed by atoms with Crippen LogP contribution in [0.4, 0.5) is 5.69 Å². The van der Waals surface area contributed by atoms with Crippen LogP contribution in [-0.2, 0) is 17.0 Å². The predicted molar refractivity (Wildman–Crippen MR) is 112 cm³/mol. The van der Waals surface area contributed by atoms with Gasteiger partial charge in [0.25, 0.3) is 0 Å². The van der Waals surface area contributed by atoms with E-state index in [2.05, 4.69) is 39.9 Å². The van der Waals surface area contributed by atoms with Crippen molar-refractivity contribution in [1.82, 2.24) is 10.3 Å². The lowest BCUT2D eigenvalue weighted by Crippen LogP contribution is -2.40. The molecule has 0 bridgehead atoms. The number of hydrogen-bond acceptors (Lipinski definition) is 4. The van der Waals surface area contributed by atoms with Crippen LogP contribution in [0.2, 0.25) is 0 Å². The minimum Gasteiger partial charge on any atom is -0.325 e. The Morgan fingerprint density at radius 2 is 1.74 bits per heavy atom. The maximum absolute atomic E-state index is 12.5. The van der Waals surface area contributed by atoms with Gasteiger partial charge in [0, 0.05) is 28.7 Å². The molecule has 2 aromatic carbocycles. The van der Waals surface area contributed by atoms with Crippen LogP contribution in [0.15, 0.2) is 84.0 Å². The molecule has 27 heavy (non-hydrogen) atoms. The van der Waals surface area contributed by atoms with Gasteiger partial charge in [0.15, 0.2) is 0 Å². The topological polar surface area (TPSA) is 54.0 Å². The fraction of sp³-hybridized carbons (Fsp3) is 0.182. The van der Waals surface area contributed by atoms with Gasteiger partial charge in [-0.1, -0.05) is 36.4 Å². The van der Waals surface area contributed by atoms with Crippen molar-refractivity contribution < 1.29 is 4.79 Å². The molecule has 0 aliphatic rings. The number of hydrogen-bond donors (Lipinski definition) is 2. The average molecular weight is 378 g/mol. The van der Waals surface area contributed by atoms with Gasteiger partial charge in [-0.05, 0) is 54.9 Å². The van der Waals surface area contributed by atoms with Crippen LogP contribution in [0.5, 0.6) is 0 Å². The van der Waals surface area contributed by atoms with Crippen LogP contribution < -0.4 is 10.6 Å². The highest BCUT2D eigenvalue weighted by Crippen LogP contribution is 2.24. The number of aromatic nitrogens is 1. The number of thioether (sulfide) groups is 1. The summed E-state index contributed by atoms with van der Waals surface area (Å²) in [7, 11) is 1.80. The van der Waals surface area contributed by atoms with Crippen molar-refractivity contribution in [3.63, 3.8) is 0 Å². The van der Waals surface area contributed by atoms with E-state index in [0.717, 1.165) is 17.0 Å². The zero-order valence-corrected chi connectivity index (χ0v) is 16.1. The molecule has 1 heterocycles. The van der Waals surface area contributed by atoms with Gasteiger partial charge < -0.3 is 10.6 Å². The zero-order valence-electron chi connectivity index (χ0n) is 15.3. The Morgan fingerprint density at radius 3 is 2.41 bits per heavy atom. The monoisotopic (exact) mass is 377 g/mol. The van der Waals surface area contributed by atoms with Crippen molar-refractivity contribution in [2.75, 3.05) is 12.4 Å². The lowest BCUT2D eigenvalue weighted by Gasteiger charge is -2.16. The van der Waals surface area contributed by atoms with Gasteiger partial charge in [-0.2, -0.15) is 0 Å². The van der Waals surface area contributed by atoms with Crippen LogP contribution in [0.25, 0.3) is 0 Å². The first-order valence-corrected chi connectivity index (χ1v) is 9.87. The molecular formula is C22H23N3OS. The number of nitrogens with zero attached hydrogens (tertiary/aromatic N) is 1. The third kappa shape index (κ3) is 5.94. The van der Waals surface area contributed by atoms with Crippen molar-refractivity contribution in [3.05, 3.63) is 90.3 Å². The standard InChI is InChI=1S/C22H23N3OS/c1-23-21(14-18-8-5-13-24-15-18)22(26)25-19-9-11-20(12-10-19)27-16-17-6-3-2-4-7-17/h2-13,15,21,23H,14,16H2,1H3,(H,25,26)/t21-/m0/s1. The highest BCUT2D eigenvalue weighted by Gasteiger charge is 2.17. The molecule has 0 saturated heterocycles. The molecule has 3 rings (SSSR count). The number of carbonyl (C=O) groups excluding carboxylic acids is 1. The van der Waals surface area contributed by atoms with E-state index in [4.69, 9.17) is 0 Å². The number of benzene rings is 2. The lowest BCUT2D eigenvalue weighted by atomic mass is 10.1. The molecule has 0 spiro atoms. The van der Waals surface area contributed by atoms with Gasteiger partial charge in [-0.15, -0.1) is 11.8 Å². The van der Waals surface area contributed by atoms with Crippen LogP contribution in [-0.4, -0.2) is 24.0 Å². The third-order valence-corrected chi connectivity index (χ3v) is 5.28. The lowest BCUT2D eigenvalue weighted by molar-refractivity contribution is -0.118. The van der Waals surface area contributed by atoms with Crippen molar-refractivity contribution in [2.24, 2.45) is 0 Å². The first-order chi connectivity index (χ1) is 13.2. The van der Waals surface area contributed by atoms with E-state index in [9.17, 15) is 4.79 Å². The normalized spacial score (nSPS) is 11.7. The summed E-state index contributed by atoms with van der Waals surface area (Å²) in [6, 6.07) is 21.9. The van der Waals surface area contributed by atoms with Crippen molar-refractivity contribution in [2.45, 2.75) is 23.1 Å². The highest BCUT2D eigenvalue weighted by atomic mass is 32.2. The van der Waals surface area contributed by atoms with Crippen LogP contribution >= 0.6 is 11.8 Å². The summed E-state index contributed by atoms with van der Waals surface area (Å²) in [4.78, 5) is 17.8. The molecule has 3 aromatic rings. The Labute approximate surface area is 164 Å². The second-order valence-corrected chi connectivity index (χ2v) is 7.24. The Bertz CT molecular complexity index is 838. The third-order valence-electron chi connectivity index (χ3n) is 4.20. The summed E-state index contributed by atoms with van der Waals surface area (Å²) in [5.74, 6) is 0.880. The summed E-state index contributed by atoms with van der Waals surface area (Å²) in [5.41, 5.74) is 3.13. The van der Waals surface area contributed by atoms with E-state index >= 15 is 0 Å². The molecule has 0 radical (unpaired) electrons. The van der Waals surface area contributed by atoms with Gasteiger partial charge in [-0.3, -0.25) is 9.78 Å². The maximum atomic E-state index is 12.5. The Balaban J connectivity index is 1.54. The largest absolute Gasteiger partial charge is 0.325 e. The van der Waals surface area contributed by atoms with Crippen LogP contribution in [0, 0.1) is 0 Å². The zero-order chi connectivity index (χ0) is 18.9. The molecule has 0 unspecified atom stereocenters. The van der Waals surface area contributed by atoms with E-state index in [0.29, 0.717) is 6.42 Å². The van der Waals surface area contributed by atoms with E-state index in [1.54, 1.807) is 31.2 Å². The molecule has 1 atom stereocenters. The van der Waals surface area contributed by atoms with E-state index in [-0.39, 0.29) is 11.9 Å². The van der Waals surface area contributed by atoms with Gasteiger partial charge in [-0.25, -0.2) is 0 Å². The smallest absolute Gasteiger partial charge is 0.241 e. The van der Waals surface area contributed by atoms with E-state index in [1.165, 1.54) is 10.5 Å². The highest BCUT2D eigenvalue weighted by molar-refractivity contribution is 7.98.